The van der Waals surface area contributed by atoms with Gasteiger partial charge >= 0.3 is 12.2 Å². The fraction of sp³-hybridized carbons (Fsp3) is 0.673. The molecule has 4 rings (SSSR count). The molecule has 72 heavy (non-hydrogen) atoms. The third-order valence-corrected chi connectivity index (χ3v) is 14.9. The molecule has 1 saturated carbocycles. The zero-order chi connectivity index (χ0) is 53.4. The molecule has 10 atom stereocenters. The van der Waals surface area contributed by atoms with Crippen molar-refractivity contribution >= 4 is 41.5 Å². The number of carbonyl (C=O) groups excluding carboxylic acids is 6. The smallest absolute Gasteiger partial charge is 0.414 e. The van der Waals surface area contributed by atoms with Gasteiger partial charge in [-0.2, -0.15) is 0 Å². The molecule has 17 nitrogen and oxygen atoms in total. The number of likely N-dealkylation sites (N-methyl/N-ethyl adjacent to an activating group) is 2. The molecule has 1 aliphatic heterocycles. The minimum Gasteiger partial charge on any atom is -0.446 e. The second-order valence-electron chi connectivity index (χ2n) is 20.7. The fourth-order valence-corrected chi connectivity index (χ4v) is 10.3. The molecule has 402 valence electrons. The zero-order valence-corrected chi connectivity index (χ0v) is 45.3. The van der Waals surface area contributed by atoms with Crippen LogP contribution in [0, 0.1) is 23.7 Å². The van der Waals surface area contributed by atoms with Crippen molar-refractivity contribution in [2.45, 2.75) is 174 Å². The van der Waals surface area contributed by atoms with Crippen LogP contribution < -0.4 is 15.5 Å². The van der Waals surface area contributed by atoms with Crippen molar-refractivity contribution in [1.82, 2.24) is 25.3 Å². The number of nitrogens with one attached hydrogen (secondary N) is 2. The molecule has 0 aromatic heterocycles. The number of amides is 6. The Hall–Kier alpha value is -5.26. The van der Waals surface area contributed by atoms with E-state index < -0.39 is 72.5 Å². The summed E-state index contributed by atoms with van der Waals surface area (Å²) in [5, 5.41) is 16.8. The number of hydrogen-bond donors (Lipinski definition) is 3. The van der Waals surface area contributed by atoms with Gasteiger partial charge in [0.2, 0.25) is 23.6 Å². The van der Waals surface area contributed by atoms with E-state index in [-0.39, 0.29) is 54.6 Å². The zero-order valence-electron chi connectivity index (χ0n) is 45.3. The molecular weight excluding hydrogens is 921 g/mol. The largest absolute Gasteiger partial charge is 0.446 e. The maximum atomic E-state index is 14.7. The Labute approximate surface area is 429 Å². The van der Waals surface area contributed by atoms with Gasteiger partial charge in [0, 0.05) is 47.6 Å². The number of rotatable bonds is 24. The molecule has 3 N–H and O–H groups in total. The van der Waals surface area contributed by atoms with Gasteiger partial charge in [-0.25, -0.2) is 9.59 Å². The molecule has 1 saturated heterocycles. The van der Waals surface area contributed by atoms with E-state index in [0.29, 0.717) is 42.6 Å². The predicted molar refractivity (Wildman–Crippen MR) is 277 cm³/mol. The first-order chi connectivity index (χ1) is 34.2. The second-order valence-corrected chi connectivity index (χ2v) is 20.7. The molecule has 0 unspecified atom stereocenters. The number of nitrogens with zero attached hydrogens (tertiary/aromatic N) is 4. The predicted octanol–water partition coefficient (Wildman–Crippen LogP) is 7.48. The average molecular weight is 1010 g/mol. The van der Waals surface area contributed by atoms with Crippen molar-refractivity contribution in [3.63, 3.8) is 0 Å². The van der Waals surface area contributed by atoms with Gasteiger partial charge in [-0.15, -0.1) is 0 Å². The first-order valence-corrected chi connectivity index (χ1v) is 26.0. The standard InChI is InChI=1S/C55H86N6O11/c1-14-36(6)48(44(69-12)32-45(62)61-31-21-26-43(61)50(70-13)37(7)51(64)56-38(8)49(63)40-22-17-15-18-23-40)59(10)53(66)46(34(2)3)57-52(65)47(35(4)5)60(11)54(67)71-33-39-27-29-41(30-28-39)58(9)55(68)72-42-24-19-16-20-25-42/h15,17-18,22-23,27-30,34-38,42-44,46-50,63H,14,16,19-21,24-26,31-33H2,1-13H3,(H,56,64)(H,57,65)/t36-,37+,38+,43+,44+,46-,47-,48-,49+,50+/m0/s1. The summed E-state index contributed by atoms with van der Waals surface area (Å²) in [5.41, 5.74) is 2.00. The monoisotopic (exact) mass is 1010 g/mol. The molecule has 1 aliphatic carbocycles. The third-order valence-electron chi connectivity index (χ3n) is 14.9. The van der Waals surface area contributed by atoms with Gasteiger partial charge < -0.3 is 44.5 Å². The number of methoxy groups -OCH3 is 2. The van der Waals surface area contributed by atoms with Crippen LogP contribution in [0.15, 0.2) is 54.6 Å². The van der Waals surface area contributed by atoms with Crippen LogP contribution in [0.4, 0.5) is 15.3 Å². The second kappa shape index (κ2) is 28.3. The summed E-state index contributed by atoms with van der Waals surface area (Å²) >= 11 is 0. The number of aliphatic hydroxyl groups is 1. The highest BCUT2D eigenvalue weighted by molar-refractivity contribution is 5.92. The third kappa shape index (κ3) is 15.6. The summed E-state index contributed by atoms with van der Waals surface area (Å²) in [4.78, 5) is 89.2. The Kier molecular flexibility index (Phi) is 23.3. The van der Waals surface area contributed by atoms with Gasteiger partial charge in [0.05, 0.1) is 48.8 Å². The molecule has 1 heterocycles. The van der Waals surface area contributed by atoms with Crippen LogP contribution in [-0.2, 0) is 44.7 Å². The highest BCUT2D eigenvalue weighted by Crippen LogP contribution is 2.31. The summed E-state index contributed by atoms with van der Waals surface area (Å²) in [5.74, 6) is -2.87. The molecule has 17 heteroatoms. The van der Waals surface area contributed by atoms with E-state index in [2.05, 4.69) is 10.6 Å². The summed E-state index contributed by atoms with van der Waals surface area (Å²) in [6.07, 6.45) is 3.50. The van der Waals surface area contributed by atoms with Crippen LogP contribution in [-0.4, -0.2) is 146 Å². The van der Waals surface area contributed by atoms with Gasteiger partial charge in [-0.05, 0) is 86.5 Å². The van der Waals surface area contributed by atoms with Crippen molar-refractivity contribution in [2.24, 2.45) is 23.7 Å². The Morgan fingerprint density at radius 3 is 1.96 bits per heavy atom. The van der Waals surface area contributed by atoms with Crippen LogP contribution in [0.1, 0.15) is 130 Å². The van der Waals surface area contributed by atoms with E-state index >= 15 is 0 Å². The number of anilines is 1. The summed E-state index contributed by atoms with van der Waals surface area (Å²) in [7, 11) is 7.88. The van der Waals surface area contributed by atoms with E-state index in [1.807, 2.05) is 59.7 Å². The van der Waals surface area contributed by atoms with Crippen LogP contribution in [0.3, 0.4) is 0 Å². The highest BCUT2D eigenvalue weighted by Gasteiger charge is 2.44. The quantitative estimate of drug-likeness (QED) is 0.0943. The lowest BCUT2D eigenvalue weighted by Crippen LogP contribution is -2.60. The first-order valence-electron chi connectivity index (χ1n) is 26.0. The Morgan fingerprint density at radius 1 is 0.750 bits per heavy atom. The number of ether oxygens (including phenoxy) is 4. The maximum absolute atomic E-state index is 14.7. The van der Waals surface area contributed by atoms with Crippen molar-refractivity contribution in [3.8, 4) is 0 Å². The van der Waals surface area contributed by atoms with Crippen LogP contribution in [0.2, 0.25) is 0 Å². The van der Waals surface area contributed by atoms with Crippen LogP contribution in [0.5, 0.6) is 0 Å². The normalized spacial score (nSPS) is 18.9. The summed E-state index contributed by atoms with van der Waals surface area (Å²) in [6, 6.07) is 12.6. The number of benzene rings is 2. The Balaban J connectivity index is 1.40. The van der Waals surface area contributed by atoms with Gasteiger partial charge in [-0.1, -0.05) is 104 Å². The van der Waals surface area contributed by atoms with Gasteiger partial charge in [0.25, 0.3) is 0 Å². The molecule has 0 radical (unpaired) electrons. The molecule has 2 aliphatic rings. The molecular formula is C55H86N6O11. The molecule has 2 aromatic carbocycles. The number of hydrogen-bond acceptors (Lipinski definition) is 11. The van der Waals surface area contributed by atoms with Crippen molar-refractivity contribution < 1.29 is 52.8 Å². The minimum absolute atomic E-state index is 0.0474. The lowest BCUT2D eigenvalue weighted by atomic mass is 9.89. The number of aliphatic hydroxyl groups excluding tert-OH is 1. The van der Waals surface area contributed by atoms with E-state index in [9.17, 15) is 33.9 Å². The van der Waals surface area contributed by atoms with E-state index in [1.165, 1.54) is 31.1 Å². The molecule has 2 fully saturated rings. The lowest BCUT2D eigenvalue weighted by Gasteiger charge is -2.41. The van der Waals surface area contributed by atoms with Gasteiger partial charge in [-0.3, -0.25) is 29.0 Å². The van der Waals surface area contributed by atoms with Crippen molar-refractivity contribution in [1.29, 1.82) is 0 Å². The first kappa shape index (κ1) is 59.3. The van der Waals surface area contributed by atoms with Crippen molar-refractivity contribution in [2.75, 3.05) is 46.8 Å². The SMILES string of the molecule is CC[C@H](C)[C@@H]([C@@H](CC(=O)N1CCC[C@@H]1[C@H](OC)[C@@H](C)C(=O)N[C@H](C)[C@@H](O)c1ccccc1)OC)N(C)C(=O)[C@@H](NC(=O)[C@H](C(C)C)N(C)C(=O)OCc1ccc(N(C)C(=O)OC2CCCCC2)cc1)C(C)C. The van der Waals surface area contributed by atoms with Crippen molar-refractivity contribution in [3.05, 3.63) is 65.7 Å². The number of carbonyl (C=O) groups is 6. The lowest BCUT2D eigenvalue weighted by molar-refractivity contribution is -0.148. The van der Waals surface area contributed by atoms with E-state index in [1.54, 1.807) is 74.1 Å². The summed E-state index contributed by atoms with van der Waals surface area (Å²) in [6.45, 7) is 15.2. The Morgan fingerprint density at radius 2 is 1.39 bits per heavy atom. The fourth-order valence-electron chi connectivity index (χ4n) is 10.3. The molecule has 0 bridgehead atoms. The van der Waals surface area contributed by atoms with Gasteiger partial charge in [0.1, 0.15) is 24.8 Å². The maximum Gasteiger partial charge on any atom is 0.414 e. The molecule has 6 amide bonds. The van der Waals surface area contributed by atoms with Crippen LogP contribution >= 0.6 is 0 Å². The van der Waals surface area contributed by atoms with Gasteiger partial charge in [0.15, 0.2) is 0 Å². The molecule has 2 aromatic rings. The summed E-state index contributed by atoms with van der Waals surface area (Å²) < 4.78 is 23.4. The average Bonchev–Trinajstić information content (AvgIpc) is 3.86. The molecule has 0 spiro atoms. The topological polar surface area (TPSA) is 197 Å². The Bertz CT molecular complexity index is 2050. The van der Waals surface area contributed by atoms with E-state index in [4.69, 9.17) is 18.9 Å². The minimum atomic E-state index is -0.987. The van der Waals surface area contributed by atoms with Crippen LogP contribution in [0.25, 0.3) is 0 Å². The highest BCUT2D eigenvalue weighted by atomic mass is 16.6. The van der Waals surface area contributed by atoms with E-state index in [0.717, 1.165) is 32.1 Å². The number of likely N-dealkylation sites (tertiary alicyclic amines) is 1.